The second kappa shape index (κ2) is 34.1. The van der Waals surface area contributed by atoms with Gasteiger partial charge in [0.05, 0.1) is 0 Å². The second-order valence-electron chi connectivity index (χ2n) is 13.1. The highest BCUT2D eigenvalue weighted by molar-refractivity contribution is 4.64. The Balaban J connectivity index is 3.56. The minimum atomic E-state index is -0.370. The van der Waals surface area contributed by atoms with Crippen molar-refractivity contribution in [1.29, 1.82) is 0 Å². The molecule has 236 valence electrons. The van der Waals surface area contributed by atoms with Gasteiger partial charge in [0.15, 0.2) is 0 Å². The predicted octanol–water partition coefficient (Wildman–Crippen LogP) is 12.7. The lowest BCUT2D eigenvalue weighted by Crippen LogP contribution is -2.30. The van der Waals surface area contributed by atoms with Crippen LogP contribution in [0.2, 0.25) is 0 Å². The molecular weight excluding hydrogens is 474 g/mol. The molecule has 2 nitrogen and oxygen atoms in total. The Hall–Kier alpha value is -0.0800. The number of hydrogen-bond donors (Lipinski definition) is 2. The van der Waals surface area contributed by atoms with E-state index in [9.17, 15) is 5.11 Å². The fourth-order valence-electron chi connectivity index (χ4n) is 6.12. The van der Waals surface area contributed by atoms with E-state index in [1.165, 1.54) is 199 Å². The molecule has 2 N–H and O–H groups in total. The van der Waals surface area contributed by atoms with Crippen molar-refractivity contribution in [2.75, 3.05) is 6.54 Å². The van der Waals surface area contributed by atoms with E-state index in [-0.39, 0.29) is 6.23 Å². The molecule has 0 bridgehead atoms. The molecule has 2 atom stereocenters. The van der Waals surface area contributed by atoms with Crippen LogP contribution in [0.1, 0.15) is 220 Å². The topological polar surface area (TPSA) is 32.3 Å². The standard InChI is InChI=1S/C37H77NO/c1-4-6-8-10-12-14-16-18-20-22-24-26-28-30-32-34-37(35-38-36(3)39)33-31-29-27-25-23-21-19-17-15-13-11-9-7-5-2/h36-39H,4-35H2,1-3H3. The second-order valence-corrected chi connectivity index (χ2v) is 13.1. The highest BCUT2D eigenvalue weighted by Gasteiger charge is 2.09. The largest absolute Gasteiger partial charge is 0.379 e. The number of rotatable bonds is 34. The van der Waals surface area contributed by atoms with E-state index in [0.717, 1.165) is 12.5 Å². The van der Waals surface area contributed by atoms with Crippen molar-refractivity contribution < 1.29 is 5.11 Å². The zero-order valence-corrected chi connectivity index (χ0v) is 27.7. The van der Waals surface area contributed by atoms with Gasteiger partial charge in [-0.15, -0.1) is 0 Å². The van der Waals surface area contributed by atoms with Gasteiger partial charge in [-0.3, -0.25) is 5.32 Å². The Bertz CT molecular complexity index is 424. The van der Waals surface area contributed by atoms with Crippen molar-refractivity contribution in [3.63, 3.8) is 0 Å². The molecule has 0 saturated carbocycles. The summed E-state index contributed by atoms with van der Waals surface area (Å²) in [6.45, 7) is 7.46. The summed E-state index contributed by atoms with van der Waals surface area (Å²) in [5.41, 5.74) is 0. The van der Waals surface area contributed by atoms with Gasteiger partial charge in [-0.1, -0.05) is 200 Å². The van der Waals surface area contributed by atoms with E-state index in [4.69, 9.17) is 0 Å². The SMILES string of the molecule is CCCCCCCCCCCCCCCCCC(CCCCCCCCCCCCCCCC)CNC(C)O. The van der Waals surface area contributed by atoms with Crippen molar-refractivity contribution in [2.45, 2.75) is 226 Å². The van der Waals surface area contributed by atoms with E-state index < -0.39 is 0 Å². The number of unbranched alkanes of at least 4 members (excludes halogenated alkanes) is 27. The van der Waals surface area contributed by atoms with Gasteiger partial charge in [-0.2, -0.15) is 0 Å². The van der Waals surface area contributed by atoms with Crippen molar-refractivity contribution >= 4 is 0 Å². The van der Waals surface area contributed by atoms with Crippen molar-refractivity contribution in [1.82, 2.24) is 5.32 Å². The lowest BCUT2D eigenvalue weighted by Gasteiger charge is -2.19. The summed E-state index contributed by atoms with van der Waals surface area (Å²) in [6.07, 6.45) is 44.0. The molecule has 0 aliphatic rings. The van der Waals surface area contributed by atoms with E-state index in [1.54, 1.807) is 0 Å². The number of hydrogen-bond acceptors (Lipinski definition) is 2. The molecule has 0 aromatic heterocycles. The van der Waals surface area contributed by atoms with Crippen molar-refractivity contribution in [2.24, 2.45) is 5.92 Å². The maximum absolute atomic E-state index is 9.69. The van der Waals surface area contributed by atoms with Crippen LogP contribution in [0.4, 0.5) is 0 Å². The van der Waals surface area contributed by atoms with Crippen LogP contribution in [0.3, 0.4) is 0 Å². The van der Waals surface area contributed by atoms with Crippen LogP contribution in [0, 0.1) is 5.92 Å². The van der Waals surface area contributed by atoms with Crippen LogP contribution in [0.15, 0.2) is 0 Å². The van der Waals surface area contributed by atoms with Crippen LogP contribution in [0.25, 0.3) is 0 Å². The molecule has 0 radical (unpaired) electrons. The molecular formula is C37H77NO. The Kier molecular flexibility index (Phi) is 34.1. The van der Waals surface area contributed by atoms with Gasteiger partial charge in [-0.05, 0) is 25.7 Å². The van der Waals surface area contributed by atoms with E-state index in [1.807, 2.05) is 6.92 Å². The van der Waals surface area contributed by atoms with E-state index in [2.05, 4.69) is 19.2 Å². The summed E-state index contributed by atoms with van der Waals surface area (Å²) in [5, 5.41) is 13.0. The minimum Gasteiger partial charge on any atom is -0.379 e. The molecule has 0 aromatic carbocycles. The first kappa shape index (κ1) is 38.9. The van der Waals surface area contributed by atoms with Gasteiger partial charge in [-0.25, -0.2) is 0 Å². The number of aliphatic hydroxyl groups excluding tert-OH is 1. The normalized spacial score (nSPS) is 13.2. The molecule has 0 aromatic rings. The molecule has 0 rings (SSSR count). The minimum absolute atomic E-state index is 0.370. The average molecular weight is 552 g/mol. The summed E-state index contributed by atoms with van der Waals surface area (Å²) < 4.78 is 0. The predicted molar refractivity (Wildman–Crippen MR) is 178 cm³/mol. The Labute approximate surface area is 248 Å². The Morgan fingerprint density at radius 2 is 0.615 bits per heavy atom. The molecule has 0 amide bonds. The van der Waals surface area contributed by atoms with Gasteiger partial charge in [0, 0.05) is 6.54 Å². The third kappa shape index (κ3) is 34.0. The maximum atomic E-state index is 9.69. The number of aliphatic hydroxyl groups is 1. The molecule has 0 heterocycles. The lowest BCUT2D eigenvalue weighted by molar-refractivity contribution is 0.147. The third-order valence-corrected chi connectivity index (χ3v) is 8.88. The van der Waals surface area contributed by atoms with Crippen molar-refractivity contribution in [3.05, 3.63) is 0 Å². The summed E-state index contributed by atoms with van der Waals surface area (Å²) in [7, 11) is 0. The van der Waals surface area contributed by atoms with Gasteiger partial charge in [0.25, 0.3) is 0 Å². The third-order valence-electron chi connectivity index (χ3n) is 8.88. The first-order valence-electron chi connectivity index (χ1n) is 18.6. The molecule has 0 fully saturated rings. The fourth-order valence-corrected chi connectivity index (χ4v) is 6.12. The highest BCUT2D eigenvalue weighted by atomic mass is 16.3. The molecule has 2 unspecified atom stereocenters. The first-order chi connectivity index (χ1) is 19.2. The molecule has 0 aliphatic heterocycles. The monoisotopic (exact) mass is 552 g/mol. The van der Waals surface area contributed by atoms with Crippen LogP contribution in [0.5, 0.6) is 0 Å². The smallest absolute Gasteiger partial charge is 0.102 e. The molecule has 2 heteroatoms. The summed E-state index contributed by atoms with van der Waals surface area (Å²) >= 11 is 0. The Morgan fingerprint density at radius 1 is 0.385 bits per heavy atom. The summed E-state index contributed by atoms with van der Waals surface area (Å²) in [6, 6.07) is 0. The molecule has 0 aliphatic carbocycles. The summed E-state index contributed by atoms with van der Waals surface area (Å²) in [4.78, 5) is 0. The zero-order valence-electron chi connectivity index (χ0n) is 27.7. The van der Waals surface area contributed by atoms with E-state index in [0.29, 0.717) is 0 Å². The van der Waals surface area contributed by atoms with E-state index >= 15 is 0 Å². The van der Waals surface area contributed by atoms with Gasteiger partial charge in [0.1, 0.15) is 6.23 Å². The first-order valence-corrected chi connectivity index (χ1v) is 18.6. The maximum Gasteiger partial charge on any atom is 0.102 e. The fraction of sp³-hybridized carbons (Fsp3) is 1.00. The summed E-state index contributed by atoms with van der Waals surface area (Å²) in [5.74, 6) is 0.749. The lowest BCUT2D eigenvalue weighted by atomic mass is 9.93. The van der Waals surface area contributed by atoms with Gasteiger partial charge < -0.3 is 5.11 Å². The highest BCUT2D eigenvalue weighted by Crippen LogP contribution is 2.20. The molecule has 0 spiro atoms. The molecule has 39 heavy (non-hydrogen) atoms. The van der Waals surface area contributed by atoms with Crippen molar-refractivity contribution in [3.8, 4) is 0 Å². The zero-order chi connectivity index (χ0) is 28.5. The van der Waals surface area contributed by atoms with Crippen LogP contribution < -0.4 is 5.32 Å². The number of nitrogens with one attached hydrogen (secondary N) is 1. The quantitative estimate of drug-likeness (QED) is 0.0615. The van der Waals surface area contributed by atoms with Gasteiger partial charge >= 0.3 is 0 Å². The van der Waals surface area contributed by atoms with Crippen LogP contribution in [-0.2, 0) is 0 Å². The van der Waals surface area contributed by atoms with Gasteiger partial charge in [0.2, 0.25) is 0 Å². The van der Waals surface area contributed by atoms with Crippen LogP contribution >= 0.6 is 0 Å². The average Bonchev–Trinajstić information content (AvgIpc) is 2.93. The Morgan fingerprint density at radius 3 is 0.846 bits per heavy atom. The molecule has 0 saturated heterocycles. The van der Waals surface area contributed by atoms with Crippen LogP contribution in [-0.4, -0.2) is 17.9 Å².